The van der Waals surface area contributed by atoms with Crippen molar-refractivity contribution in [3.63, 3.8) is 0 Å². The molecule has 0 atom stereocenters. The van der Waals surface area contributed by atoms with Gasteiger partial charge < -0.3 is 9.30 Å². The van der Waals surface area contributed by atoms with Crippen molar-refractivity contribution in [3.8, 4) is 5.75 Å². The largest absolute Gasteiger partial charge is 0.494 e. The summed E-state index contributed by atoms with van der Waals surface area (Å²) in [7, 11) is 1.68. The first kappa shape index (κ1) is 16.5. The molecule has 2 rings (SSSR count). The first-order chi connectivity index (χ1) is 10.3. The van der Waals surface area contributed by atoms with Crippen molar-refractivity contribution in [2.24, 2.45) is 0 Å². The summed E-state index contributed by atoms with van der Waals surface area (Å²) in [4.78, 5) is 4.63. The van der Waals surface area contributed by atoms with Crippen molar-refractivity contribution < 1.29 is 4.74 Å². The van der Waals surface area contributed by atoms with Crippen molar-refractivity contribution in [3.05, 3.63) is 24.0 Å². The molecule has 0 saturated carbocycles. The zero-order valence-corrected chi connectivity index (χ0v) is 14.3. The second-order valence-corrected chi connectivity index (χ2v) is 6.30. The lowest BCUT2D eigenvalue weighted by Gasteiger charge is -2.08. The number of benzene rings is 1. The van der Waals surface area contributed by atoms with Gasteiger partial charge in [0.25, 0.3) is 0 Å². The quantitative estimate of drug-likeness (QED) is 0.493. The van der Waals surface area contributed by atoms with E-state index in [1.165, 1.54) is 31.4 Å². The minimum Gasteiger partial charge on any atom is -0.494 e. The molecular formula is C16H23ClN2OS. The summed E-state index contributed by atoms with van der Waals surface area (Å²) in [6.07, 6.45) is 7.19. The normalized spacial score (nSPS) is 11.2. The van der Waals surface area contributed by atoms with Crippen LogP contribution in [0.3, 0.4) is 0 Å². The number of nitrogens with zero attached hydrogens (tertiary/aromatic N) is 2. The number of ether oxygens (including phenoxy) is 1. The van der Waals surface area contributed by atoms with E-state index in [0.29, 0.717) is 5.88 Å². The zero-order valence-electron chi connectivity index (χ0n) is 12.8. The van der Waals surface area contributed by atoms with Gasteiger partial charge in [0.2, 0.25) is 0 Å². The molecule has 5 heteroatoms. The number of methoxy groups -OCH3 is 1. The molecule has 0 amide bonds. The minimum absolute atomic E-state index is 0.435. The summed E-state index contributed by atoms with van der Waals surface area (Å²) in [6.45, 7) is 0.977. The monoisotopic (exact) mass is 326 g/mol. The molecule has 0 radical (unpaired) electrons. The fourth-order valence-corrected chi connectivity index (χ4v) is 3.25. The van der Waals surface area contributed by atoms with Crippen LogP contribution in [-0.2, 0) is 12.4 Å². The van der Waals surface area contributed by atoms with Gasteiger partial charge >= 0.3 is 0 Å². The van der Waals surface area contributed by atoms with Gasteiger partial charge in [0.05, 0.1) is 18.5 Å². The molecule has 0 aliphatic carbocycles. The SMILES string of the molecule is COc1cccc2c1nc(CCl)n2CCCCCCSC. The van der Waals surface area contributed by atoms with E-state index in [2.05, 4.69) is 21.9 Å². The summed E-state index contributed by atoms with van der Waals surface area (Å²) in [5.74, 6) is 3.44. The number of alkyl halides is 1. The van der Waals surface area contributed by atoms with Gasteiger partial charge in [-0.05, 0) is 37.0 Å². The highest BCUT2D eigenvalue weighted by molar-refractivity contribution is 7.98. The number of hydrogen-bond acceptors (Lipinski definition) is 3. The van der Waals surface area contributed by atoms with Gasteiger partial charge in [-0.1, -0.05) is 18.9 Å². The smallest absolute Gasteiger partial charge is 0.146 e. The van der Waals surface area contributed by atoms with Gasteiger partial charge in [0.1, 0.15) is 17.1 Å². The van der Waals surface area contributed by atoms with Crippen molar-refractivity contribution in [2.45, 2.75) is 38.1 Å². The molecule has 0 aliphatic heterocycles. The first-order valence-corrected chi connectivity index (χ1v) is 9.31. The highest BCUT2D eigenvalue weighted by Gasteiger charge is 2.12. The summed E-state index contributed by atoms with van der Waals surface area (Å²) >= 11 is 7.98. The lowest BCUT2D eigenvalue weighted by atomic mass is 10.2. The Balaban J connectivity index is 2.07. The van der Waals surface area contributed by atoms with E-state index in [9.17, 15) is 0 Å². The number of para-hydroxylation sites is 1. The zero-order chi connectivity index (χ0) is 15.1. The average Bonchev–Trinajstić information content (AvgIpc) is 2.88. The lowest BCUT2D eigenvalue weighted by Crippen LogP contribution is -2.02. The van der Waals surface area contributed by atoms with Crippen LogP contribution in [0.15, 0.2) is 18.2 Å². The van der Waals surface area contributed by atoms with Crippen LogP contribution in [0.1, 0.15) is 31.5 Å². The van der Waals surface area contributed by atoms with Gasteiger partial charge in [-0.15, -0.1) is 11.6 Å². The second-order valence-electron chi connectivity index (χ2n) is 5.05. The maximum atomic E-state index is 6.05. The van der Waals surface area contributed by atoms with Crippen LogP contribution >= 0.6 is 23.4 Å². The molecular weight excluding hydrogens is 304 g/mol. The number of aromatic nitrogens is 2. The molecule has 116 valence electrons. The molecule has 1 aromatic heterocycles. The van der Waals surface area contributed by atoms with Crippen LogP contribution in [0, 0.1) is 0 Å². The molecule has 2 aromatic rings. The third-order valence-corrected chi connectivity index (χ3v) is 4.58. The van der Waals surface area contributed by atoms with Crippen LogP contribution in [0.5, 0.6) is 5.75 Å². The number of rotatable bonds is 9. The van der Waals surface area contributed by atoms with Gasteiger partial charge in [-0.25, -0.2) is 4.98 Å². The number of hydrogen-bond donors (Lipinski definition) is 0. The van der Waals surface area contributed by atoms with Gasteiger partial charge in [-0.3, -0.25) is 0 Å². The van der Waals surface area contributed by atoms with E-state index in [1.54, 1.807) is 7.11 Å². The third-order valence-electron chi connectivity index (χ3n) is 3.64. The molecule has 0 N–H and O–H groups in total. The summed E-state index contributed by atoms with van der Waals surface area (Å²) in [5, 5.41) is 0. The number of thioether (sulfide) groups is 1. The first-order valence-electron chi connectivity index (χ1n) is 7.38. The van der Waals surface area contributed by atoms with Crippen molar-refractivity contribution in [1.29, 1.82) is 0 Å². The number of unbranched alkanes of at least 4 members (excludes halogenated alkanes) is 3. The van der Waals surface area contributed by atoms with Gasteiger partial charge in [0, 0.05) is 6.54 Å². The maximum Gasteiger partial charge on any atom is 0.146 e. The van der Waals surface area contributed by atoms with Crippen LogP contribution in [0.25, 0.3) is 11.0 Å². The summed E-state index contributed by atoms with van der Waals surface area (Å²) in [5.41, 5.74) is 2.03. The molecule has 0 aliphatic rings. The standard InChI is InChI=1S/C16H23ClN2OS/c1-20-14-9-7-8-13-16(14)18-15(12-17)19(13)10-5-3-4-6-11-21-2/h7-9H,3-6,10-12H2,1-2H3. The number of aryl methyl sites for hydroxylation is 1. The Bertz CT molecular complexity index is 571. The van der Waals surface area contributed by atoms with Crippen LogP contribution in [0.2, 0.25) is 0 Å². The fraction of sp³-hybridized carbons (Fsp3) is 0.562. The Morgan fingerprint density at radius 1 is 1.24 bits per heavy atom. The van der Waals surface area contributed by atoms with E-state index in [1.807, 2.05) is 23.9 Å². The van der Waals surface area contributed by atoms with Gasteiger partial charge in [-0.2, -0.15) is 11.8 Å². The molecule has 1 aromatic carbocycles. The Hall–Kier alpha value is -0.870. The summed E-state index contributed by atoms with van der Waals surface area (Å²) < 4.78 is 7.62. The molecule has 21 heavy (non-hydrogen) atoms. The molecule has 1 heterocycles. The van der Waals surface area contributed by atoms with Crippen molar-refractivity contribution in [2.75, 3.05) is 19.1 Å². The van der Waals surface area contributed by atoms with E-state index in [4.69, 9.17) is 16.3 Å². The molecule has 0 unspecified atom stereocenters. The molecule has 0 fully saturated rings. The summed E-state index contributed by atoms with van der Waals surface area (Å²) in [6, 6.07) is 6.05. The Kier molecular flexibility index (Phi) is 6.71. The van der Waals surface area contributed by atoms with Crippen LogP contribution in [-0.4, -0.2) is 28.7 Å². The highest BCUT2D eigenvalue weighted by Crippen LogP contribution is 2.26. The van der Waals surface area contributed by atoms with Gasteiger partial charge in [0.15, 0.2) is 0 Å². The number of imidazole rings is 1. The third kappa shape index (κ3) is 4.07. The van der Waals surface area contributed by atoms with Crippen LogP contribution < -0.4 is 4.74 Å². The minimum atomic E-state index is 0.435. The van der Waals surface area contributed by atoms with E-state index < -0.39 is 0 Å². The van der Waals surface area contributed by atoms with Crippen molar-refractivity contribution >= 4 is 34.4 Å². The Morgan fingerprint density at radius 2 is 2.05 bits per heavy atom. The van der Waals surface area contributed by atoms with Crippen molar-refractivity contribution in [1.82, 2.24) is 9.55 Å². The van der Waals surface area contributed by atoms with E-state index in [-0.39, 0.29) is 0 Å². The molecule has 0 bridgehead atoms. The topological polar surface area (TPSA) is 27.1 Å². The number of halogens is 1. The fourth-order valence-electron chi connectivity index (χ4n) is 2.56. The molecule has 0 saturated heterocycles. The molecule has 3 nitrogen and oxygen atoms in total. The van der Waals surface area contributed by atoms with E-state index >= 15 is 0 Å². The Morgan fingerprint density at radius 3 is 2.76 bits per heavy atom. The maximum absolute atomic E-state index is 6.05. The van der Waals surface area contributed by atoms with Crippen LogP contribution in [0.4, 0.5) is 0 Å². The molecule has 0 spiro atoms. The Labute approximate surface area is 136 Å². The van der Waals surface area contributed by atoms with E-state index in [0.717, 1.165) is 29.2 Å². The second kappa shape index (κ2) is 8.54. The average molecular weight is 327 g/mol. The highest BCUT2D eigenvalue weighted by atomic mass is 35.5. The lowest BCUT2D eigenvalue weighted by molar-refractivity contribution is 0.419. The number of fused-ring (bicyclic) bond motifs is 1. The predicted octanol–water partition coefficient (Wildman–Crippen LogP) is 4.71. The predicted molar refractivity (Wildman–Crippen MR) is 92.7 cm³/mol.